The summed E-state index contributed by atoms with van der Waals surface area (Å²) in [6.45, 7) is 1.54. The van der Waals surface area contributed by atoms with Crippen molar-refractivity contribution in [3.05, 3.63) is 59.8 Å². The van der Waals surface area contributed by atoms with E-state index in [1.54, 1.807) is 28.8 Å². The van der Waals surface area contributed by atoms with E-state index in [0.717, 1.165) is 24.2 Å². The third kappa shape index (κ3) is 7.46. The minimum atomic E-state index is -0.606. The maximum atomic E-state index is 12.9. The van der Waals surface area contributed by atoms with Gasteiger partial charge in [-0.3, -0.25) is 4.79 Å². The Hall–Kier alpha value is -3.25. The highest BCUT2D eigenvalue weighted by Crippen LogP contribution is 2.16. The number of nitrogens with one attached hydrogen (secondary N) is 2. The standard InChI is InChI=1S/C23H27N5O3S/c24-14-19-9-10-21(26-15-19)25-11-5-4-8-20(22(29)28-12-13-32-17-28)27-23(30)31-16-18-6-2-1-3-7-18/h1-3,6-7,9-10,15,20H,4-5,8,11-13,16-17H2,(H,25,26)(H,27,30). The van der Waals surface area contributed by atoms with Crippen molar-refractivity contribution in [1.82, 2.24) is 15.2 Å². The van der Waals surface area contributed by atoms with Gasteiger partial charge in [0.25, 0.3) is 0 Å². The Kier molecular flexibility index (Phi) is 9.20. The first-order valence-corrected chi connectivity index (χ1v) is 11.7. The number of carbonyl (C=O) groups is 2. The van der Waals surface area contributed by atoms with Gasteiger partial charge in [-0.1, -0.05) is 30.3 Å². The summed E-state index contributed by atoms with van der Waals surface area (Å²) in [6, 6.07) is 14.3. The number of hydrogen-bond donors (Lipinski definition) is 2. The number of pyridine rings is 1. The van der Waals surface area contributed by atoms with Crippen LogP contribution in [0.25, 0.3) is 0 Å². The van der Waals surface area contributed by atoms with Gasteiger partial charge in [0.2, 0.25) is 5.91 Å². The molecule has 3 rings (SSSR count). The molecule has 1 aliphatic rings. The van der Waals surface area contributed by atoms with Gasteiger partial charge in [0.05, 0.1) is 11.4 Å². The van der Waals surface area contributed by atoms with Crippen LogP contribution in [0.4, 0.5) is 10.6 Å². The van der Waals surface area contributed by atoms with Gasteiger partial charge >= 0.3 is 6.09 Å². The Morgan fingerprint density at radius 2 is 2.06 bits per heavy atom. The first-order chi connectivity index (χ1) is 15.7. The van der Waals surface area contributed by atoms with Crippen LogP contribution >= 0.6 is 11.8 Å². The lowest BCUT2D eigenvalue weighted by Crippen LogP contribution is -2.47. The summed E-state index contributed by atoms with van der Waals surface area (Å²) in [5.41, 5.74) is 1.41. The predicted molar refractivity (Wildman–Crippen MR) is 124 cm³/mol. The van der Waals surface area contributed by atoms with E-state index < -0.39 is 12.1 Å². The predicted octanol–water partition coefficient (Wildman–Crippen LogP) is 3.36. The largest absolute Gasteiger partial charge is 0.445 e. The fourth-order valence-corrected chi connectivity index (χ4v) is 4.18. The van der Waals surface area contributed by atoms with Gasteiger partial charge in [-0.15, -0.1) is 11.8 Å². The number of alkyl carbamates (subject to hydrolysis) is 1. The molecule has 32 heavy (non-hydrogen) atoms. The smallest absolute Gasteiger partial charge is 0.408 e. The van der Waals surface area contributed by atoms with Gasteiger partial charge in [0, 0.05) is 25.0 Å². The lowest BCUT2D eigenvalue weighted by atomic mass is 10.1. The minimum absolute atomic E-state index is 0.0617. The number of nitriles is 1. The van der Waals surface area contributed by atoms with E-state index in [0.29, 0.717) is 36.8 Å². The molecule has 1 aromatic heterocycles. The number of unbranched alkanes of at least 4 members (excludes halogenated alkanes) is 1. The zero-order valence-corrected chi connectivity index (χ0v) is 18.6. The monoisotopic (exact) mass is 453 g/mol. The maximum Gasteiger partial charge on any atom is 0.408 e. The Morgan fingerprint density at radius 3 is 2.75 bits per heavy atom. The number of nitrogens with zero attached hydrogens (tertiary/aromatic N) is 3. The molecule has 1 aliphatic heterocycles. The van der Waals surface area contributed by atoms with Crippen molar-refractivity contribution in [2.24, 2.45) is 0 Å². The van der Waals surface area contributed by atoms with Crippen LogP contribution in [0.3, 0.4) is 0 Å². The number of anilines is 1. The van der Waals surface area contributed by atoms with Crippen molar-refractivity contribution < 1.29 is 14.3 Å². The Labute approximate surface area is 192 Å². The number of thioether (sulfide) groups is 1. The zero-order valence-electron chi connectivity index (χ0n) is 17.8. The van der Waals surface area contributed by atoms with Crippen LogP contribution in [-0.2, 0) is 16.1 Å². The van der Waals surface area contributed by atoms with Gasteiger partial charge in [-0.2, -0.15) is 5.26 Å². The SMILES string of the molecule is N#Cc1ccc(NCCCCC(NC(=O)OCc2ccccc2)C(=O)N2CCSC2)nc1. The van der Waals surface area contributed by atoms with Gasteiger partial charge in [0.1, 0.15) is 24.5 Å². The number of amides is 2. The Balaban J connectivity index is 1.45. The second-order valence-electron chi connectivity index (χ2n) is 7.36. The van der Waals surface area contributed by atoms with E-state index in [9.17, 15) is 9.59 Å². The average Bonchev–Trinajstić information content (AvgIpc) is 3.37. The summed E-state index contributed by atoms with van der Waals surface area (Å²) >= 11 is 1.71. The summed E-state index contributed by atoms with van der Waals surface area (Å²) in [5.74, 6) is 2.21. The molecule has 0 spiro atoms. The van der Waals surface area contributed by atoms with Crippen LogP contribution in [-0.4, -0.2) is 52.6 Å². The van der Waals surface area contributed by atoms with Gasteiger partial charge in [0.15, 0.2) is 0 Å². The fourth-order valence-electron chi connectivity index (χ4n) is 3.23. The minimum Gasteiger partial charge on any atom is -0.445 e. The van der Waals surface area contributed by atoms with Crippen molar-refractivity contribution in [3.8, 4) is 6.07 Å². The molecule has 2 heterocycles. The van der Waals surface area contributed by atoms with E-state index >= 15 is 0 Å². The molecule has 0 bridgehead atoms. The topological polar surface area (TPSA) is 107 Å². The molecular weight excluding hydrogens is 426 g/mol. The summed E-state index contributed by atoms with van der Waals surface area (Å²) in [4.78, 5) is 31.2. The number of aromatic nitrogens is 1. The fraction of sp³-hybridized carbons (Fsp3) is 0.391. The quantitative estimate of drug-likeness (QED) is 0.531. The third-order valence-electron chi connectivity index (χ3n) is 4.99. The first-order valence-electron chi connectivity index (χ1n) is 10.6. The second kappa shape index (κ2) is 12.6. The normalized spacial score (nSPS) is 13.8. The molecule has 1 atom stereocenters. The van der Waals surface area contributed by atoms with Gasteiger partial charge in [-0.05, 0) is 37.0 Å². The van der Waals surface area contributed by atoms with Crippen LogP contribution < -0.4 is 10.6 Å². The Morgan fingerprint density at radius 1 is 1.22 bits per heavy atom. The van der Waals surface area contributed by atoms with Gasteiger partial charge in [-0.25, -0.2) is 9.78 Å². The summed E-state index contributed by atoms with van der Waals surface area (Å²) in [6.07, 6.45) is 3.03. The highest BCUT2D eigenvalue weighted by molar-refractivity contribution is 7.99. The van der Waals surface area contributed by atoms with Crippen LogP contribution in [0.5, 0.6) is 0 Å². The van der Waals surface area contributed by atoms with Crippen molar-refractivity contribution in [3.63, 3.8) is 0 Å². The van der Waals surface area contributed by atoms with Crippen molar-refractivity contribution in [2.45, 2.75) is 31.9 Å². The molecule has 168 valence electrons. The third-order valence-corrected chi connectivity index (χ3v) is 5.95. The van der Waals surface area contributed by atoms with E-state index in [4.69, 9.17) is 10.00 Å². The average molecular weight is 454 g/mol. The van der Waals surface area contributed by atoms with Crippen LogP contribution in [0.15, 0.2) is 48.7 Å². The first kappa shape index (κ1) is 23.4. The van der Waals surface area contributed by atoms with E-state index in [1.165, 1.54) is 6.20 Å². The molecule has 1 fully saturated rings. The summed E-state index contributed by atoms with van der Waals surface area (Å²) in [7, 11) is 0. The molecule has 9 heteroatoms. The van der Waals surface area contributed by atoms with Crippen molar-refractivity contribution >= 4 is 29.6 Å². The molecule has 1 aromatic carbocycles. The number of hydrogen-bond acceptors (Lipinski definition) is 7. The molecule has 2 N–H and O–H groups in total. The molecule has 0 aliphatic carbocycles. The number of rotatable bonds is 10. The summed E-state index contributed by atoms with van der Waals surface area (Å²) < 4.78 is 5.31. The lowest BCUT2D eigenvalue weighted by Gasteiger charge is -2.23. The lowest BCUT2D eigenvalue weighted by molar-refractivity contribution is -0.132. The van der Waals surface area contributed by atoms with Crippen LogP contribution in [0, 0.1) is 11.3 Å². The molecule has 8 nitrogen and oxygen atoms in total. The van der Waals surface area contributed by atoms with E-state index in [-0.39, 0.29) is 12.5 Å². The number of benzene rings is 1. The molecule has 0 saturated carbocycles. The van der Waals surface area contributed by atoms with Gasteiger partial charge < -0.3 is 20.3 Å². The van der Waals surface area contributed by atoms with E-state index in [2.05, 4.69) is 15.6 Å². The van der Waals surface area contributed by atoms with Crippen LogP contribution in [0.1, 0.15) is 30.4 Å². The zero-order chi connectivity index (χ0) is 22.6. The second-order valence-corrected chi connectivity index (χ2v) is 8.44. The Bertz CT molecular complexity index is 911. The number of ether oxygens (including phenoxy) is 1. The van der Waals surface area contributed by atoms with Crippen LogP contribution in [0.2, 0.25) is 0 Å². The molecule has 0 radical (unpaired) electrons. The van der Waals surface area contributed by atoms with Crippen molar-refractivity contribution in [2.75, 3.05) is 30.0 Å². The van der Waals surface area contributed by atoms with E-state index in [1.807, 2.05) is 36.4 Å². The molecule has 1 saturated heterocycles. The summed E-state index contributed by atoms with van der Waals surface area (Å²) in [5, 5.41) is 14.8. The van der Waals surface area contributed by atoms with Crippen molar-refractivity contribution in [1.29, 1.82) is 5.26 Å². The highest BCUT2D eigenvalue weighted by atomic mass is 32.2. The maximum absolute atomic E-state index is 12.9. The number of carbonyl (C=O) groups excluding carboxylic acids is 2. The molecule has 2 aromatic rings. The molecular formula is C23H27N5O3S. The molecule has 2 amide bonds. The highest BCUT2D eigenvalue weighted by Gasteiger charge is 2.28. The molecule has 1 unspecified atom stereocenters.